The Hall–Kier alpha value is -2.41. The van der Waals surface area contributed by atoms with E-state index < -0.39 is 0 Å². The molecule has 1 aliphatic carbocycles. The Bertz CT molecular complexity index is 884. The van der Waals surface area contributed by atoms with Gasteiger partial charge in [-0.2, -0.15) is 0 Å². The summed E-state index contributed by atoms with van der Waals surface area (Å²) in [5.74, 6) is 0.461. The molecule has 0 radical (unpaired) electrons. The molecule has 1 atom stereocenters. The lowest BCUT2D eigenvalue weighted by molar-refractivity contribution is -0.117. The molecular formula is C26H30O. The molecular weight excluding hydrogens is 328 g/mol. The Morgan fingerprint density at radius 2 is 1.48 bits per heavy atom. The average molecular weight is 359 g/mol. The first kappa shape index (κ1) is 19.4. The first-order chi connectivity index (χ1) is 12.9. The molecule has 3 rings (SSSR count). The summed E-state index contributed by atoms with van der Waals surface area (Å²) in [6, 6.07) is 10.2. The van der Waals surface area contributed by atoms with Gasteiger partial charge in [-0.05, 0) is 98.4 Å². The van der Waals surface area contributed by atoms with Crippen molar-refractivity contribution in [1.29, 1.82) is 0 Å². The van der Waals surface area contributed by atoms with Crippen molar-refractivity contribution in [2.45, 2.75) is 53.9 Å². The first-order valence-electron chi connectivity index (χ1n) is 9.92. The minimum atomic E-state index is 0.125. The molecule has 0 amide bonds. The van der Waals surface area contributed by atoms with Crippen LogP contribution in [0, 0.1) is 40.5 Å². The number of hydrogen-bond donors (Lipinski definition) is 0. The van der Waals surface area contributed by atoms with Crippen LogP contribution in [0.5, 0.6) is 0 Å². The third kappa shape index (κ3) is 3.98. The number of allylic oxidation sites excluding steroid dienone is 3. The highest BCUT2D eigenvalue weighted by atomic mass is 16.1. The summed E-state index contributed by atoms with van der Waals surface area (Å²) < 4.78 is 0. The van der Waals surface area contributed by atoms with Crippen molar-refractivity contribution in [3.8, 4) is 0 Å². The van der Waals surface area contributed by atoms with Crippen molar-refractivity contribution < 1.29 is 4.79 Å². The third-order valence-corrected chi connectivity index (χ3v) is 6.44. The van der Waals surface area contributed by atoms with Crippen LogP contribution in [-0.2, 0) is 11.2 Å². The SMILES string of the molecule is Cc1c(C)c(C)c(CC2CCC(=CC=Cc3ccccc3)C2=O)c(C)c1C. The van der Waals surface area contributed by atoms with Gasteiger partial charge in [0.05, 0.1) is 0 Å². The van der Waals surface area contributed by atoms with E-state index in [9.17, 15) is 4.79 Å². The molecule has 2 aromatic carbocycles. The van der Waals surface area contributed by atoms with E-state index in [0.29, 0.717) is 5.78 Å². The number of ketones is 1. The number of carbonyl (C=O) groups excluding carboxylic acids is 1. The molecule has 0 aliphatic heterocycles. The lowest BCUT2D eigenvalue weighted by Gasteiger charge is -2.20. The smallest absolute Gasteiger partial charge is 0.162 e. The van der Waals surface area contributed by atoms with Crippen LogP contribution in [0.25, 0.3) is 6.08 Å². The highest BCUT2D eigenvalue weighted by Gasteiger charge is 2.30. The maximum atomic E-state index is 12.9. The third-order valence-electron chi connectivity index (χ3n) is 6.44. The quantitative estimate of drug-likeness (QED) is 0.579. The van der Waals surface area contributed by atoms with Gasteiger partial charge in [0.1, 0.15) is 0 Å². The van der Waals surface area contributed by atoms with Crippen LogP contribution in [0.2, 0.25) is 0 Å². The van der Waals surface area contributed by atoms with Crippen molar-refractivity contribution in [3.05, 3.63) is 87.0 Å². The summed E-state index contributed by atoms with van der Waals surface area (Å²) in [5.41, 5.74) is 10.4. The summed E-state index contributed by atoms with van der Waals surface area (Å²) in [7, 11) is 0. The van der Waals surface area contributed by atoms with E-state index in [4.69, 9.17) is 0 Å². The fourth-order valence-electron chi connectivity index (χ4n) is 4.18. The van der Waals surface area contributed by atoms with Crippen molar-refractivity contribution in [2.24, 2.45) is 5.92 Å². The Morgan fingerprint density at radius 1 is 0.889 bits per heavy atom. The van der Waals surface area contributed by atoms with Crippen LogP contribution in [0.1, 0.15) is 51.8 Å². The van der Waals surface area contributed by atoms with E-state index in [1.165, 1.54) is 33.4 Å². The van der Waals surface area contributed by atoms with Crippen LogP contribution in [-0.4, -0.2) is 5.78 Å². The van der Waals surface area contributed by atoms with Gasteiger partial charge in [0.15, 0.2) is 5.78 Å². The maximum Gasteiger partial charge on any atom is 0.162 e. The van der Waals surface area contributed by atoms with Crippen molar-refractivity contribution in [1.82, 2.24) is 0 Å². The van der Waals surface area contributed by atoms with Crippen molar-refractivity contribution in [2.75, 3.05) is 0 Å². The number of hydrogen-bond acceptors (Lipinski definition) is 1. The molecule has 2 aromatic rings. The largest absolute Gasteiger partial charge is 0.294 e. The second kappa shape index (κ2) is 8.08. The Balaban J connectivity index is 1.77. The summed E-state index contributed by atoms with van der Waals surface area (Å²) in [5, 5.41) is 0. The maximum absolute atomic E-state index is 12.9. The van der Waals surface area contributed by atoms with Gasteiger partial charge in [0.25, 0.3) is 0 Å². The van der Waals surface area contributed by atoms with Gasteiger partial charge in [-0.3, -0.25) is 4.79 Å². The molecule has 1 unspecified atom stereocenters. The van der Waals surface area contributed by atoms with E-state index in [-0.39, 0.29) is 5.92 Å². The second-order valence-electron chi connectivity index (χ2n) is 7.87. The number of Topliss-reactive ketones (excluding diaryl/α,β-unsaturated/α-hetero) is 1. The molecule has 27 heavy (non-hydrogen) atoms. The fraction of sp³-hybridized carbons (Fsp3) is 0.346. The fourth-order valence-corrected chi connectivity index (χ4v) is 4.18. The summed E-state index contributed by atoms with van der Waals surface area (Å²) in [6.07, 6.45) is 8.83. The van der Waals surface area contributed by atoms with E-state index in [1.54, 1.807) is 0 Å². The lowest BCUT2D eigenvalue weighted by atomic mass is 9.84. The van der Waals surface area contributed by atoms with Crippen molar-refractivity contribution >= 4 is 11.9 Å². The molecule has 0 bridgehead atoms. The predicted octanol–water partition coefficient (Wildman–Crippen LogP) is 6.39. The molecule has 0 aromatic heterocycles. The lowest BCUT2D eigenvalue weighted by Crippen LogP contribution is -2.14. The summed E-state index contributed by atoms with van der Waals surface area (Å²) >= 11 is 0. The molecule has 1 heteroatoms. The normalized spacial score (nSPS) is 18.8. The topological polar surface area (TPSA) is 17.1 Å². The Labute approximate surface area is 163 Å². The van der Waals surface area contributed by atoms with Crippen LogP contribution < -0.4 is 0 Å². The van der Waals surface area contributed by atoms with Gasteiger partial charge < -0.3 is 0 Å². The van der Waals surface area contributed by atoms with E-state index >= 15 is 0 Å². The molecule has 1 saturated carbocycles. The van der Waals surface area contributed by atoms with Gasteiger partial charge in [0, 0.05) is 5.92 Å². The zero-order valence-electron chi connectivity index (χ0n) is 17.2. The minimum Gasteiger partial charge on any atom is -0.294 e. The van der Waals surface area contributed by atoms with Gasteiger partial charge in [-0.25, -0.2) is 0 Å². The van der Waals surface area contributed by atoms with E-state index in [0.717, 1.165) is 30.4 Å². The highest BCUT2D eigenvalue weighted by Crippen LogP contribution is 2.34. The van der Waals surface area contributed by atoms with Gasteiger partial charge in [-0.1, -0.05) is 48.6 Å². The van der Waals surface area contributed by atoms with Crippen LogP contribution in [0.4, 0.5) is 0 Å². The first-order valence-corrected chi connectivity index (χ1v) is 9.92. The zero-order chi connectivity index (χ0) is 19.6. The highest BCUT2D eigenvalue weighted by molar-refractivity contribution is 5.99. The number of carbonyl (C=O) groups is 1. The van der Waals surface area contributed by atoms with Crippen LogP contribution in [0.15, 0.2) is 48.1 Å². The minimum absolute atomic E-state index is 0.125. The standard InChI is InChI=1S/C26H30O/c1-17-18(2)20(4)25(21(5)19(17)3)16-24-15-14-23(26(24)27)13-9-12-22-10-7-6-8-11-22/h6-13,24H,14-16H2,1-5H3. The molecule has 140 valence electrons. The molecule has 1 fully saturated rings. The molecule has 0 saturated heterocycles. The summed E-state index contributed by atoms with van der Waals surface area (Å²) in [4.78, 5) is 12.9. The molecule has 0 spiro atoms. The zero-order valence-corrected chi connectivity index (χ0v) is 17.2. The molecule has 1 nitrogen and oxygen atoms in total. The van der Waals surface area contributed by atoms with E-state index in [2.05, 4.69) is 52.8 Å². The van der Waals surface area contributed by atoms with Crippen molar-refractivity contribution in [3.63, 3.8) is 0 Å². The summed E-state index contributed by atoms with van der Waals surface area (Å²) in [6.45, 7) is 11.0. The van der Waals surface area contributed by atoms with Crippen LogP contribution >= 0.6 is 0 Å². The average Bonchev–Trinajstić information content (AvgIpc) is 3.02. The molecule has 0 heterocycles. The number of benzene rings is 2. The predicted molar refractivity (Wildman–Crippen MR) is 115 cm³/mol. The Kier molecular flexibility index (Phi) is 5.79. The van der Waals surface area contributed by atoms with Gasteiger partial charge >= 0.3 is 0 Å². The second-order valence-corrected chi connectivity index (χ2v) is 7.87. The molecule has 0 N–H and O–H groups in total. The van der Waals surface area contributed by atoms with E-state index in [1.807, 2.05) is 30.4 Å². The molecule has 1 aliphatic rings. The monoisotopic (exact) mass is 358 g/mol. The van der Waals surface area contributed by atoms with Gasteiger partial charge in [0.2, 0.25) is 0 Å². The Morgan fingerprint density at radius 3 is 2.11 bits per heavy atom. The van der Waals surface area contributed by atoms with Crippen LogP contribution in [0.3, 0.4) is 0 Å². The number of rotatable bonds is 4. The van der Waals surface area contributed by atoms with Gasteiger partial charge in [-0.15, -0.1) is 0 Å².